The van der Waals surface area contributed by atoms with Gasteiger partial charge in [0, 0.05) is 24.4 Å². The van der Waals surface area contributed by atoms with Gasteiger partial charge in [0.05, 0.1) is 18.5 Å². The van der Waals surface area contributed by atoms with Crippen molar-refractivity contribution in [1.82, 2.24) is 4.98 Å². The molecule has 1 aliphatic rings. The van der Waals surface area contributed by atoms with Gasteiger partial charge >= 0.3 is 0 Å². The lowest BCUT2D eigenvalue weighted by atomic mass is 9.96. The van der Waals surface area contributed by atoms with Crippen molar-refractivity contribution < 1.29 is 4.74 Å². The number of nitrogens with zero attached hydrogens (tertiary/aromatic N) is 2. The molecule has 1 aromatic carbocycles. The van der Waals surface area contributed by atoms with Gasteiger partial charge in [0.1, 0.15) is 5.75 Å². The van der Waals surface area contributed by atoms with E-state index >= 15 is 0 Å². The Morgan fingerprint density at radius 1 is 1.17 bits per heavy atom. The van der Waals surface area contributed by atoms with Crippen molar-refractivity contribution in [3.63, 3.8) is 0 Å². The molecule has 0 saturated carbocycles. The number of aromatic nitrogens is 1. The molecule has 0 unspecified atom stereocenters. The number of rotatable bonds is 2. The van der Waals surface area contributed by atoms with Crippen molar-refractivity contribution in [3.05, 3.63) is 59.4 Å². The number of benzene rings is 1. The first-order valence-electron chi connectivity index (χ1n) is 6.01. The van der Waals surface area contributed by atoms with Gasteiger partial charge in [-0.1, -0.05) is 24.3 Å². The minimum absolute atomic E-state index is 0.811. The molecule has 0 saturated heterocycles. The molecule has 3 rings (SSSR count). The summed E-state index contributed by atoms with van der Waals surface area (Å²) in [5, 5.41) is 0. The van der Waals surface area contributed by atoms with Crippen LogP contribution in [0.3, 0.4) is 0 Å². The Bertz CT molecular complexity index is 605. The second-order valence-corrected chi connectivity index (χ2v) is 4.22. The first-order chi connectivity index (χ1) is 8.88. The summed E-state index contributed by atoms with van der Waals surface area (Å²) in [4.78, 5) is 9.01. The molecule has 0 atom stereocenters. The summed E-state index contributed by atoms with van der Waals surface area (Å²) in [7, 11) is 1.66. The predicted octanol–water partition coefficient (Wildman–Crippen LogP) is 2.48. The summed E-state index contributed by atoms with van der Waals surface area (Å²) in [6.07, 6.45) is 2.76. The Hall–Kier alpha value is -2.16. The van der Waals surface area contributed by atoms with Gasteiger partial charge in [-0.2, -0.15) is 0 Å². The number of methoxy groups -OCH3 is 1. The summed E-state index contributed by atoms with van der Waals surface area (Å²) in [5.74, 6) is 0.811. The third kappa shape index (κ3) is 1.88. The fraction of sp³-hybridized carbons (Fsp3) is 0.200. The Labute approximate surface area is 106 Å². The smallest absolute Gasteiger partial charge is 0.122 e. The lowest BCUT2D eigenvalue weighted by Gasteiger charge is -2.16. The van der Waals surface area contributed by atoms with E-state index in [1.54, 1.807) is 13.3 Å². The maximum atomic E-state index is 5.24. The Kier molecular flexibility index (Phi) is 2.81. The Morgan fingerprint density at radius 2 is 2.06 bits per heavy atom. The highest BCUT2D eigenvalue weighted by molar-refractivity contribution is 6.13. The molecule has 2 heterocycles. The largest absolute Gasteiger partial charge is 0.497 e. The van der Waals surface area contributed by atoms with Gasteiger partial charge < -0.3 is 4.74 Å². The zero-order valence-electron chi connectivity index (χ0n) is 10.3. The molecule has 0 amide bonds. The van der Waals surface area contributed by atoms with E-state index in [1.807, 2.05) is 18.2 Å². The molecule has 1 aromatic heterocycles. The summed E-state index contributed by atoms with van der Waals surface area (Å²) < 4.78 is 5.24. The van der Waals surface area contributed by atoms with Crippen LogP contribution in [0.4, 0.5) is 0 Å². The van der Waals surface area contributed by atoms with Crippen LogP contribution < -0.4 is 4.74 Å². The van der Waals surface area contributed by atoms with E-state index in [9.17, 15) is 0 Å². The molecule has 0 aliphatic carbocycles. The SMILES string of the molecule is COc1ccnc(C2=NCCc3ccccc32)c1. The summed E-state index contributed by atoms with van der Waals surface area (Å²) in [6, 6.07) is 12.2. The van der Waals surface area contributed by atoms with E-state index in [0.717, 1.165) is 30.1 Å². The van der Waals surface area contributed by atoms with Gasteiger partial charge in [0.2, 0.25) is 0 Å². The number of aliphatic imine (C=N–C) groups is 1. The molecule has 90 valence electrons. The number of fused-ring (bicyclic) bond motifs is 1. The van der Waals surface area contributed by atoms with Crippen molar-refractivity contribution in [2.75, 3.05) is 13.7 Å². The quantitative estimate of drug-likeness (QED) is 0.805. The first-order valence-corrected chi connectivity index (χ1v) is 6.01. The van der Waals surface area contributed by atoms with Crippen LogP contribution in [0.1, 0.15) is 16.8 Å². The molecule has 18 heavy (non-hydrogen) atoms. The third-order valence-electron chi connectivity index (χ3n) is 3.13. The van der Waals surface area contributed by atoms with Gasteiger partial charge in [-0.15, -0.1) is 0 Å². The molecular formula is C15H14N2O. The van der Waals surface area contributed by atoms with E-state index < -0.39 is 0 Å². The van der Waals surface area contributed by atoms with Crippen molar-refractivity contribution in [3.8, 4) is 5.75 Å². The fourth-order valence-electron chi connectivity index (χ4n) is 2.23. The topological polar surface area (TPSA) is 34.5 Å². The van der Waals surface area contributed by atoms with Crippen molar-refractivity contribution in [2.24, 2.45) is 4.99 Å². The van der Waals surface area contributed by atoms with Crippen LogP contribution in [0.25, 0.3) is 0 Å². The highest BCUT2D eigenvalue weighted by Gasteiger charge is 2.16. The summed E-state index contributed by atoms with van der Waals surface area (Å²) >= 11 is 0. The summed E-state index contributed by atoms with van der Waals surface area (Å²) in [6.45, 7) is 0.825. The molecule has 1 aliphatic heterocycles. The molecule has 3 heteroatoms. The molecular weight excluding hydrogens is 224 g/mol. The van der Waals surface area contributed by atoms with E-state index in [1.165, 1.54) is 11.1 Å². The molecule has 0 fully saturated rings. The average molecular weight is 238 g/mol. The van der Waals surface area contributed by atoms with Gasteiger partial charge in [-0.25, -0.2) is 0 Å². The lowest BCUT2D eigenvalue weighted by molar-refractivity contribution is 0.414. The van der Waals surface area contributed by atoms with Gasteiger partial charge in [0.25, 0.3) is 0 Å². The predicted molar refractivity (Wildman–Crippen MR) is 71.4 cm³/mol. The maximum absolute atomic E-state index is 5.24. The molecule has 2 aromatic rings. The standard InChI is InChI=1S/C15H14N2O/c1-18-12-7-9-16-14(10-12)15-13-5-3-2-4-11(13)6-8-17-15/h2-5,7,9-10H,6,8H2,1H3. The molecule has 3 nitrogen and oxygen atoms in total. The Morgan fingerprint density at radius 3 is 2.94 bits per heavy atom. The van der Waals surface area contributed by atoms with Crippen molar-refractivity contribution in [1.29, 1.82) is 0 Å². The average Bonchev–Trinajstić information content (AvgIpc) is 2.47. The van der Waals surface area contributed by atoms with E-state index in [2.05, 4.69) is 28.2 Å². The van der Waals surface area contributed by atoms with Gasteiger partial charge in [0.15, 0.2) is 0 Å². The minimum Gasteiger partial charge on any atom is -0.497 e. The number of pyridine rings is 1. The highest BCUT2D eigenvalue weighted by Crippen LogP contribution is 2.21. The number of hydrogen-bond acceptors (Lipinski definition) is 3. The second kappa shape index (κ2) is 4.61. The fourth-order valence-corrected chi connectivity index (χ4v) is 2.23. The van der Waals surface area contributed by atoms with Crippen LogP contribution in [0.2, 0.25) is 0 Å². The van der Waals surface area contributed by atoms with E-state index in [4.69, 9.17) is 4.74 Å². The van der Waals surface area contributed by atoms with Crippen molar-refractivity contribution >= 4 is 5.71 Å². The number of hydrogen-bond donors (Lipinski definition) is 0. The van der Waals surface area contributed by atoms with Crippen molar-refractivity contribution in [2.45, 2.75) is 6.42 Å². The maximum Gasteiger partial charge on any atom is 0.122 e. The Balaban J connectivity index is 2.09. The second-order valence-electron chi connectivity index (χ2n) is 4.22. The molecule has 0 radical (unpaired) electrons. The highest BCUT2D eigenvalue weighted by atomic mass is 16.5. The van der Waals surface area contributed by atoms with Crippen LogP contribution in [-0.4, -0.2) is 24.4 Å². The van der Waals surface area contributed by atoms with Crippen LogP contribution in [-0.2, 0) is 6.42 Å². The third-order valence-corrected chi connectivity index (χ3v) is 3.13. The zero-order chi connectivity index (χ0) is 12.4. The van der Waals surface area contributed by atoms with Gasteiger partial charge in [-0.3, -0.25) is 9.98 Å². The first kappa shape index (κ1) is 11.0. The van der Waals surface area contributed by atoms with Gasteiger partial charge in [-0.05, 0) is 18.1 Å². The van der Waals surface area contributed by atoms with Crippen LogP contribution in [0, 0.1) is 0 Å². The molecule has 0 bridgehead atoms. The monoisotopic (exact) mass is 238 g/mol. The number of ether oxygens (including phenoxy) is 1. The summed E-state index contributed by atoms with van der Waals surface area (Å²) in [5.41, 5.74) is 4.37. The van der Waals surface area contributed by atoms with Crippen LogP contribution in [0.5, 0.6) is 5.75 Å². The van der Waals surface area contributed by atoms with Crippen LogP contribution in [0.15, 0.2) is 47.6 Å². The zero-order valence-corrected chi connectivity index (χ0v) is 10.3. The lowest BCUT2D eigenvalue weighted by Crippen LogP contribution is -2.15. The molecule has 0 N–H and O–H groups in total. The minimum atomic E-state index is 0.811. The molecule has 0 spiro atoms. The normalized spacial score (nSPS) is 13.7. The van der Waals surface area contributed by atoms with E-state index in [-0.39, 0.29) is 0 Å². The van der Waals surface area contributed by atoms with Crippen LogP contribution >= 0.6 is 0 Å². The van der Waals surface area contributed by atoms with E-state index in [0.29, 0.717) is 0 Å².